The van der Waals surface area contributed by atoms with Crippen LogP contribution in [0.4, 0.5) is 10.1 Å². The van der Waals surface area contributed by atoms with Gasteiger partial charge < -0.3 is 20.1 Å². The van der Waals surface area contributed by atoms with E-state index >= 15 is 4.39 Å². The molecule has 0 unspecified atom stereocenters. The van der Waals surface area contributed by atoms with Crippen molar-refractivity contribution in [2.75, 3.05) is 24.7 Å². The number of piperidine rings is 2. The fraction of sp³-hybridized carbons (Fsp3) is 0.545. The average Bonchev–Trinajstić information content (AvgIpc) is 3.27. The van der Waals surface area contributed by atoms with Crippen LogP contribution in [-0.2, 0) is 25.0 Å². The number of nitrogens with one attached hydrogen (secondary N) is 2. The summed E-state index contributed by atoms with van der Waals surface area (Å²) in [6, 6.07) is 3.19. The van der Waals surface area contributed by atoms with Crippen LogP contribution in [0, 0.1) is 5.82 Å². The molecule has 0 saturated carbocycles. The minimum absolute atomic E-state index is 0.0557. The van der Waals surface area contributed by atoms with Gasteiger partial charge in [-0.3, -0.25) is 9.59 Å². The summed E-state index contributed by atoms with van der Waals surface area (Å²) in [7, 11) is -3.61. The molecule has 0 spiro atoms. The van der Waals surface area contributed by atoms with Gasteiger partial charge in [0.05, 0.1) is 10.6 Å². The molecule has 12 heteroatoms. The fourth-order valence-corrected chi connectivity index (χ4v) is 5.06. The highest BCUT2D eigenvalue weighted by molar-refractivity contribution is 7.90. The molecule has 1 aromatic heterocycles. The molecule has 34 heavy (non-hydrogen) atoms. The van der Waals surface area contributed by atoms with Crippen molar-refractivity contribution in [1.82, 2.24) is 20.4 Å². The van der Waals surface area contributed by atoms with Crippen molar-refractivity contribution in [2.24, 2.45) is 0 Å². The normalized spacial score (nSPS) is 23.8. The van der Waals surface area contributed by atoms with Crippen LogP contribution in [0.1, 0.15) is 57.2 Å². The lowest BCUT2D eigenvalue weighted by Gasteiger charge is -2.44. The lowest BCUT2D eigenvalue weighted by atomic mass is 9.84. The Morgan fingerprint density at radius 3 is 2.71 bits per heavy atom. The molecule has 2 aliphatic rings. The van der Waals surface area contributed by atoms with E-state index in [-0.39, 0.29) is 53.0 Å². The summed E-state index contributed by atoms with van der Waals surface area (Å²) in [5, 5.41) is 9.83. The predicted molar refractivity (Wildman–Crippen MR) is 120 cm³/mol. The Hall–Kier alpha value is -3.02. The van der Waals surface area contributed by atoms with Crippen molar-refractivity contribution in [1.29, 1.82) is 0 Å². The van der Waals surface area contributed by atoms with E-state index < -0.39 is 21.2 Å². The predicted octanol–water partition coefficient (Wildman–Crippen LogP) is 1.94. The van der Waals surface area contributed by atoms with E-state index in [1.165, 1.54) is 12.1 Å². The van der Waals surface area contributed by atoms with Crippen molar-refractivity contribution in [2.45, 2.75) is 61.9 Å². The second kappa shape index (κ2) is 8.97. The van der Waals surface area contributed by atoms with Gasteiger partial charge in [0.25, 0.3) is 5.91 Å². The first kappa shape index (κ1) is 24.1. The Morgan fingerprint density at radius 2 is 2.09 bits per heavy atom. The Balaban J connectivity index is 1.76. The largest absolute Gasteiger partial charge is 0.363 e. The number of carbonyl (C=O) groups excluding carboxylic acids is 2. The van der Waals surface area contributed by atoms with Crippen molar-refractivity contribution < 1.29 is 26.9 Å². The summed E-state index contributed by atoms with van der Waals surface area (Å²) in [6.45, 7) is 4.66. The maximum absolute atomic E-state index is 15.0. The number of halogens is 1. The van der Waals surface area contributed by atoms with Gasteiger partial charge in [-0.1, -0.05) is 19.0 Å². The number of sulfone groups is 1. The lowest BCUT2D eigenvalue weighted by Crippen LogP contribution is -2.60. The van der Waals surface area contributed by atoms with Gasteiger partial charge in [-0.15, -0.1) is 0 Å². The molecule has 2 saturated heterocycles. The van der Waals surface area contributed by atoms with Crippen LogP contribution in [-0.4, -0.2) is 60.7 Å². The second-order valence-corrected chi connectivity index (χ2v) is 11.2. The van der Waals surface area contributed by atoms with E-state index in [0.29, 0.717) is 31.8 Å². The molecule has 4 rings (SSSR count). The van der Waals surface area contributed by atoms with Gasteiger partial charge >= 0.3 is 0 Å². The molecule has 2 N–H and O–H groups in total. The van der Waals surface area contributed by atoms with Crippen LogP contribution in [0.2, 0.25) is 0 Å². The summed E-state index contributed by atoms with van der Waals surface area (Å²) >= 11 is 0. The zero-order valence-corrected chi connectivity index (χ0v) is 20.1. The molecule has 2 aromatic rings. The van der Waals surface area contributed by atoms with E-state index in [2.05, 4.69) is 20.8 Å². The monoisotopic (exact) mass is 493 g/mol. The van der Waals surface area contributed by atoms with E-state index in [9.17, 15) is 18.0 Å². The molecular weight excluding hydrogens is 465 g/mol. The molecule has 2 amide bonds. The van der Waals surface area contributed by atoms with Crippen LogP contribution in [0.5, 0.6) is 0 Å². The van der Waals surface area contributed by atoms with E-state index in [1.54, 1.807) is 4.90 Å². The number of nitrogens with zero attached hydrogens (tertiary/aromatic N) is 3. The first-order chi connectivity index (χ1) is 16.0. The Kier molecular flexibility index (Phi) is 6.36. The minimum Gasteiger partial charge on any atom is -0.363 e. The smallest absolute Gasteiger partial charge is 0.256 e. The van der Waals surface area contributed by atoms with Crippen LogP contribution in [0.15, 0.2) is 27.6 Å². The Morgan fingerprint density at radius 1 is 1.32 bits per heavy atom. The van der Waals surface area contributed by atoms with Gasteiger partial charge in [-0.05, 0) is 37.5 Å². The number of aromatic nitrogens is 2. The number of rotatable bonds is 6. The molecule has 1 aromatic carbocycles. The molecule has 184 valence electrons. The minimum atomic E-state index is -3.61. The number of hydrogen-bond donors (Lipinski definition) is 2. The quantitative estimate of drug-likeness (QED) is 0.624. The van der Waals surface area contributed by atoms with Crippen molar-refractivity contribution in [3.63, 3.8) is 0 Å². The van der Waals surface area contributed by atoms with Crippen LogP contribution in [0.3, 0.4) is 0 Å². The molecule has 3 heterocycles. The fourth-order valence-electron chi connectivity index (χ4n) is 4.43. The van der Waals surface area contributed by atoms with Gasteiger partial charge in [-0.2, -0.15) is 4.98 Å². The van der Waals surface area contributed by atoms with E-state index in [1.807, 2.05) is 13.8 Å². The second-order valence-electron chi connectivity index (χ2n) is 9.15. The lowest BCUT2D eigenvalue weighted by molar-refractivity contribution is -0.144. The molecule has 2 fully saturated rings. The summed E-state index contributed by atoms with van der Waals surface area (Å²) in [5.74, 6) is -0.986. The van der Waals surface area contributed by atoms with Gasteiger partial charge in [0.15, 0.2) is 15.4 Å². The van der Waals surface area contributed by atoms with Gasteiger partial charge in [-0.25, -0.2) is 12.8 Å². The highest BCUT2D eigenvalue weighted by Crippen LogP contribution is 2.38. The maximum atomic E-state index is 15.0. The number of likely N-dealkylation sites (tertiary alicyclic amines) is 1. The van der Waals surface area contributed by atoms with Crippen molar-refractivity contribution in [3.8, 4) is 0 Å². The summed E-state index contributed by atoms with van der Waals surface area (Å²) in [4.78, 5) is 31.9. The highest BCUT2D eigenvalue weighted by Gasteiger charge is 2.51. The van der Waals surface area contributed by atoms with Crippen molar-refractivity contribution >= 4 is 27.3 Å². The number of carbonyl (C=O) groups is 2. The van der Waals surface area contributed by atoms with Crippen LogP contribution < -0.4 is 10.6 Å². The van der Waals surface area contributed by atoms with Gasteiger partial charge in [0.1, 0.15) is 5.82 Å². The third-order valence-electron chi connectivity index (χ3n) is 6.27. The first-order valence-corrected chi connectivity index (χ1v) is 13.1. The number of anilines is 1. The Bertz CT molecular complexity index is 1210. The molecule has 2 aliphatic heterocycles. The van der Waals surface area contributed by atoms with Crippen molar-refractivity contribution in [3.05, 3.63) is 35.7 Å². The SMILES string of the molecule is CC(C)c1nc([C@]2(Nc3ccc(S(C)(=O)=O)cc3F)CCCN([C@H]3CCNC(=O)C3)C2=O)no1. The summed E-state index contributed by atoms with van der Waals surface area (Å²) < 4.78 is 44.0. The molecule has 0 bridgehead atoms. The average molecular weight is 494 g/mol. The molecule has 10 nitrogen and oxygen atoms in total. The maximum Gasteiger partial charge on any atom is 0.256 e. The molecule has 2 atom stereocenters. The Labute approximate surface area is 197 Å². The van der Waals surface area contributed by atoms with Crippen LogP contribution >= 0.6 is 0 Å². The standard InChI is InChI=1S/C22H28FN5O5S/c1-13(2)19-25-20(27-33-19)22(26-17-6-5-15(12-16(17)23)34(3,31)32)8-4-10-28(21(22)30)14-7-9-24-18(29)11-14/h5-6,12-14,26H,4,7-11H2,1-3H3,(H,24,29)/t14-,22+/m0/s1. The zero-order valence-electron chi connectivity index (χ0n) is 19.3. The number of benzene rings is 1. The van der Waals surface area contributed by atoms with Gasteiger partial charge in [0, 0.05) is 37.7 Å². The highest BCUT2D eigenvalue weighted by atomic mass is 32.2. The van der Waals surface area contributed by atoms with E-state index in [4.69, 9.17) is 4.52 Å². The van der Waals surface area contributed by atoms with Crippen LogP contribution in [0.25, 0.3) is 0 Å². The molecule has 0 radical (unpaired) electrons. The number of hydrogen-bond acceptors (Lipinski definition) is 8. The molecular formula is C22H28FN5O5S. The first-order valence-electron chi connectivity index (χ1n) is 11.2. The zero-order chi connectivity index (χ0) is 24.7. The third kappa shape index (κ3) is 4.50. The summed E-state index contributed by atoms with van der Waals surface area (Å²) in [5.41, 5.74) is -1.59. The third-order valence-corrected chi connectivity index (χ3v) is 7.38. The topological polar surface area (TPSA) is 134 Å². The van der Waals surface area contributed by atoms with E-state index in [0.717, 1.165) is 12.3 Å². The summed E-state index contributed by atoms with van der Waals surface area (Å²) in [6.07, 6.45) is 2.61. The number of amides is 2. The van der Waals surface area contributed by atoms with Gasteiger partial charge in [0.2, 0.25) is 17.6 Å². The molecule has 0 aliphatic carbocycles.